The quantitative estimate of drug-likeness (QED) is 0.798. The van der Waals surface area contributed by atoms with E-state index in [1.807, 2.05) is 0 Å². The minimum absolute atomic E-state index is 0.0114. The highest BCUT2D eigenvalue weighted by molar-refractivity contribution is 4.88. The van der Waals surface area contributed by atoms with Crippen LogP contribution >= 0.6 is 0 Å². The summed E-state index contributed by atoms with van der Waals surface area (Å²) in [5, 5.41) is 9.60. The Bertz CT molecular complexity index is 203. The summed E-state index contributed by atoms with van der Waals surface area (Å²) in [5.74, 6) is 1.76. The Morgan fingerprint density at radius 3 is 1.88 bits per heavy atom. The van der Waals surface area contributed by atoms with Gasteiger partial charge in [-0.05, 0) is 64.5 Å². The zero-order valence-corrected chi connectivity index (χ0v) is 10.9. The molecular weight excluding hydrogens is 198 g/mol. The summed E-state index contributed by atoms with van der Waals surface area (Å²) < 4.78 is 0. The van der Waals surface area contributed by atoms with Gasteiger partial charge < -0.3 is 10.0 Å². The van der Waals surface area contributed by atoms with Crippen LogP contribution in [0.3, 0.4) is 0 Å². The van der Waals surface area contributed by atoms with Crippen LogP contribution in [-0.4, -0.2) is 36.2 Å². The summed E-state index contributed by atoms with van der Waals surface area (Å²) >= 11 is 0. The molecule has 2 heteroatoms. The van der Waals surface area contributed by atoms with Crippen LogP contribution in [0.5, 0.6) is 0 Å². The molecule has 0 spiro atoms. The lowest BCUT2D eigenvalue weighted by Crippen LogP contribution is -2.42. The number of hydrogen-bond donors (Lipinski definition) is 1. The molecule has 2 saturated carbocycles. The molecule has 0 saturated heterocycles. The van der Waals surface area contributed by atoms with Crippen LogP contribution in [0.25, 0.3) is 0 Å². The van der Waals surface area contributed by atoms with Crippen molar-refractivity contribution in [1.82, 2.24) is 4.90 Å². The molecule has 1 unspecified atom stereocenters. The molecule has 0 amide bonds. The van der Waals surface area contributed by atoms with Crippen molar-refractivity contribution >= 4 is 0 Å². The molecule has 2 aliphatic carbocycles. The standard InChI is InChI=1S/C14H27NO/c1-15(2)14(11-5-3-4-6-11)12-7-9-13(16)10-8-12/h11-14,16H,3-10H2,1-2H3. The molecule has 0 aliphatic heterocycles. The van der Waals surface area contributed by atoms with Crippen LogP contribution in [0.1, 0.15) is 51.4 Å². The largest absolute Gasteiger partial charge is 0.393 e. The molecule has 2 rings (SSSR count). The average Bonchev–Trinajstić information content (AvgIpc) is 2.74. The molecule has 2 aliphatic rings. The third-order valence-electron chi connectivity index (χ3n) is 4.70. The van der Waals surface area contributed by atoms with Gasteiger partial charge in [0, 0.05) is 6.04 Å². The van der Waals surface area contributed by atoms with Gasteiger partial charge in [-0.15, -0.1) is 0 Å². The van der Waals surface area contributed by atoms with E-state index in [1.54, 1.807) is 0 Å². The lowest BCUT2D eigenvalue weighted by molar-refractivity contribution is 0.0582. The molecule has 0 radical (unpaired) electrons. The number of nitrogens with zero attached hydrogens (tertiary/aromatic N) is 1. The molecule has 0 heterocycles. The van der Waals surface area contributed by atoms with Crippen LogP contribution in [0.2, 0.25) is 0 Å². The van der Waals surface area contributed by atoms with Gasteiger partial charge in [-0.1, -0.05) is 12.8 Å². The van der Waals surface area contributed by atoms with E-state index < -0.39 is 0 Å². The van der Waals surface area contributed by atoms with E-state index in [-0.39, 0.29) is 6.10 Å². The molecule has 0 aromatic rings. The van der Waals surface area contributed by atoms with Crippen molar-refractivity contribution in [3.8, 4) is 0 Å². The highest BCUT2D eigenvalue weighted by Crippen LogP contribution is 2.38. The van der Waals surface area contributed by atoms with Crippen molar-refractivity contribution in [2.75, 3.05) is 14.1 Å². The second-order valence-electron chi connectivity index (χ2n) is 6.07. The fourth-order valence-corrected chi connectivity index (χ4v) is 3.97. The lowest BCUT2D eigenvalue weighted by atomic mass is 9.77. The van der Waals surface area contributed by atoms with Crippen LogP contribution in [0.4, 0.5) is 0 Å². The Labute approximate surface area is 100 Å². The first-order valence-corrected chi connectivity index (χ1v) is 7.03. The van der Waals surface area contributed by atoms with Gasteiger partial charge in [0.25, 0.3) is 0 Å². The summed E-state index contributed by atoms with van der Waals surface area (Å²) in [6.07, 6.45) is 10.3. The van der Waals surface area contributed by atoms with Gasteiger partial charge in [0.2, 0.25) is 0 Å². The second kappa shape index (κ2) is 5.50. The summed E-state index contributed by atoms with van der Waals surface area (Å²) in [5.41, 5.74) is 0. The SMILES string of the molecule is CN(C)C(C1CCCC1)C1CCC(O)CC1. The van der Waals surface area contributed by atoms with Gasteiger partial charge in [-0.25, -0.2) is 0 Å². The van der Waals surface area contributed by atoms with E-state index >= 15 is 0 Å². The highest BCUT2D eigenvalue weighted by atomic mass is 16.3. The summed E-state index contributed by atoms with van der Waals surface area (Å²) in [4.78, 5) is 2.46. The number of hydrogen-bond acceptors (Lipinski definition) is 2. The molecule has 0 aromatic heterocycles. The van der Waals surface area contributed by atoms with Gasteiger partial charge in [0.15, 0.2) is 0 Å². The maximum absolute atomic E-state index is 9.60. The van der Waals surface area contributed by atoms with Crippen molar-refractivity contribution in [3.05, 3.63) is 0 Å². The Morgan fingerprint density at radius 2 is 1.38 bits per heavy atom. The molecule has 0 aromatic carbocycles. The first kappa shape index (κ1) is 12.4. The molecular formula is C14H27NO. The Kier molecular flexibility index (Phi) is 4.26. The second-order valence-corrected chi connectivity index (χ2v) is 6.07. The highest BCUT2D eigenvalue weighted by Gasteiger charge is 2.34. The monoisotopic (exact) mass is 225 g/mol. The van der Waals surface area contributed by atoms with E-state index in [0.717, 1.165) is 30.7 Å². The average molecular weight is 225 g/mol. The zero-order chi connectivity index (χ0) is 11.5. The number of aliphatic hydroxyl groups excluding tert-OH is 1. The molecule has 2 nitrogen and oxygen atoms in total. The molecule has 94 valence electrons. The van der Waals surface area contributed by atoms with Gasteiger partial charge >= 0.3 is 0 Å². The molecule has 0 bridgehead atoms. The third kappa shape index (κ3) is 2.78. The fourth-order valence-electron chi connectivity index (χ4n) is 3.97. The fraction of sp³-hybridized carbons (Fsp3) is 1.00. The summed E-state index contributed by atoms with van der Waals surface area (Å²) in [6.45, 7) is 0. The van der Waals surface area contributed by atoms with Crippen LogP contribution in [0, 0.1) is 11.8 Å². The predicted molar refractivity (Wildman–Crippen MR) is 67.4 cm³/mol. The minimum Gasteiger partial charge on any atom is -0.393 e. The maximum atomic E-state index is 9.60. The topological polar surface area (TPSA) is 23.5 Å². The normalized spacial score (nSPS) is 34.5. The van der Waals surface area contributed by atoms with Gasteiger partial charge in [-0.3, -0.25) is 0 Å². The van der Waals surface area contributed by atoms with E-state index in [2.05, 4.69) is 19.0 Å². The number of aliphatic hydroxyl groups is 1. The molecule has 2 fully saturated rings. The molecule has 1 N–H and O–H groups in total. The maximum Gasteiger partial charge on any atom is 0.0540 e. The van der Waals surface area contributed by atoms with Crippen molar-refractivity contribution < 1.29 is 5.11 Å². The third-order valence-corrected chi connectivity index (χ3v) is 4.70. The van der Waals surface area contributed by atoms with Crippen LogP contribution in [-0.2, 0) is 0 Å². The van der Waals surface area contributed by atoms with Crippen molar-refractivity contribution in [2.24, 2.45) is 11.8 Å². The first-order chi connectivity index (χ1) is 7.68. The zero-order valence-electron chi connectivity index (χ0n) is 10.9. The summed E-state index contributed by atoms with van der Waals surface area (Å²) in [7, 11) is 4.49. The van der Waals surface area contributed by atoms with Crippen molar-refractivity contribution in [2.45, 2.75) is 63.5 Å². The first-order valence-electron chi connectivity index (χ1n) is 7.03. The van der Waals surface area contributed by atoms with Gasteiger partial charge in [-0.2, -0.15) is 0 Å². The molecule has 16 heavy (non-hydrogen) atoms. The Balaban J connectivity index is 1.95. The van der Waals surface area contributed by atoms with Gasteiger partial charge in [0.05, 0.1) is 6.10 Å². The predicted octanol–water partition coefficient (Wildman–Crippen LogP) is 2.66. The molecule has 1 atom stereocenters. The smallest absolute Gasteiger partial charge is 0.0540 e. The van der Waals surface area contributed by atoms with E-state index in [4.69, 9.17) is 0 Å². The van der Waals surface area contributed by atoms with E-state index in [1.165, 1.54) is 38.5 Å². The van der Waals surface area contributed by atoms with Crippen molar-refractivity contribution in [3.63, 3.8) is 0 Å². The van der Waals surface area contributed by atoms with Crippen LogP contribution < -0.4 is 0 Å². The van der Waals surface area contributed by atoms with Crippen LogP contribution in [0.15, 0.2) is 0 Å². The Hall–Kier alpha value is -0.0800. The van der Waals surface area contributed by atoms with Crippen molar-refractivity contribution in [1.29, 1.82) is 0 Å². The minimum atomic E-state index is -0.0114. The number of rotatable bonds is 3. The van der Waals surface area contributed by atoms with E-state index in [9.17, 15) is 5.11 Å². The van der Waals surface area contributed by atoms with E-state index in [0.29, 0.717) is 0 Å². The van der Waals surface area contributed by atoms with Gasteiger partial charge in [0.1, 0.15) is 0 Å². The summed E-state index contributed by atoms with van der Waals surface area (Å²) in [6, 6.07) is 0.773. The Morgan fingerprint density at radius 1 is 0.875 bits per heavy atom. The lowest BCUT2D eigenvalue weighted by Gasteiger charge is -2.39.